The number of hydrogen-bond acceptors (Lipinski definition) is 4. The predicted molar refractivity (Wildman–Crippen MR) is 126 cm³/mol. The van der Waals surface area contributed by atoms with E-state index in [0.717, 1.165) is 33.9 Å². The number of hydrazone groups is 1. The van der Waals surface area contributed by atoms with Gasteiger partial charge < -0.3 is 0 Å². The van der Waals surface area contributed by atoms with Crippen LogP contribution in [0.5, 0.6) is 0 Å². The first-order chi connectivity index (χ1) is 15.0. The van der Waals surface area contributed by atoms with Crippen molar-refractivity contribution in [2.24, 2.45) is 5.10 Å². The molecule has 1 aliphatic heterocycles. The van der Waals surface area contributed by atoms with E-state index in [4.69, 9.17) is 39.9 Å². The van der Waals surface area contributed by atoms with Gasteiger partial charge in [-0.15, -0.1) is 10.2 Å². The molecule has 4 aromatic rings. The molecule has 0 saturated carbocycles. The summed E-state index contributed by atoms with van der Waals surface area (Å²) >= 11 is 18.5. The lowest BCUT2D eigenvalue weighted by Gasteiger charge is -2.18. The molecular formula is C23H16Cl3N5. The lowest BCUT2D eigenvalue weighted by molar-refractivity contribution is 0.796. The minimum Gasteiger partial charge on any atom is -0.263 e. The van der Waals surface area contributed by atoms with Gasteiger partial charge >= 0.3 is 0 Å². The molecule has 0 atom stereocenters. The maximum absolute atomic E-state index is 6.25. The summed E-state index contributed by atoms with van der Waals surface area (Å²) in [5, 5.41) is 17.3. The van der Waals surface area contributed by atoms with E-state index in [1.165, 1.54) is 0 Å². The molecule has 0 saturated heterocycles. The Hall–Kier alpha value is -2.86. The van der Waals surface area contributed by atoms with Crippen LogP contribution in [0, 0.1) is 6.92 Å². The normalized spacial score (nSPS) is 12.8. The van der Waals surface area contributed by atoms with Crippen molar-refractivity contribution in [3.8, 4) is 5.69 Å². The summed E-state index contributed by atoms with van der Waals surface area (Å²) in [6.45, 7) is 2.37. The molecule has 8 heteroatoms. The molecule has 0 aliphatic carbocycles. The van der Waals surface area contributed by atoms with E-state index in [2.05, 4.69) is 16.3 Å². The molecule has 31 heavy (non-hydrogen) atoms. The van der Waals surface area contributed by atoms with Crippen molar-refractivity contribution < 1.29 is 0 Å². The number of hydrogen-bond donors (Lipinski definition) is 0. The Labute approximate surface area is 194 Å². The van der Waals surface area contributed by atoms with Gasteiger partial charge in [0.25, 0.3) is 5.95 Å². The quantitative estimate of drug-likeness (QED) is 0.354. The van der Waals surface area contributed by atoms with Gasteiger partial charge in [0, 0.05) is 16.1 Å². The van der Waals surface area contributed by atoms with E-state index in [1.807, 2.05) is 71.1 Å². The number of benzene rings is 3. The minimum absolute atomic E-state index is 0.445. The van der Waals surface area contributed by atoms with Gasteiger partial charge in [0.15, 0.2) is 0 Å². The molecule has 0 N–H and O–H groups in total. The first-order valence-corrected chi connectivity index (χ1v) is 10.7. The van der Waals surface area contributed by atoms with E-state index in [-0.39, 0.29) is 0 Å². The van der Waals surface area contributed by atoms with Crippen LogP contribution in [0.25, 0.3) is 5.69 Å². The fourth-order valence-electron chi connectivity index (χ4n) is 3.63. The monoisotopic (exact) mass is 467 g/mol. The molecule has 0 spiro atoms. The highest BCUT2D eigenvalue weighted by Crippen LogP contribution is 2.31. The van der Waals surface area contributed by atoms with E-state index in [9.17, 15) is 0 Å². The molecule has 2 heterocycles. The first kappa shape index (κ1) is 20.1. The third-order valence-electron chi connectivity index (χ3n) is 5.09. The molecule has 1 aliphatic rings. The maximum atomic E-state index is 6.25. The fraction of sp³-hybridized carbons (Fsp3) is 0.0870. The Morgan fingerprint density at radius 2 is 1.61 bits per heavy atom. The number of para-hydroxylation sites is 1. The summed E-state index contributed by atoms with van der Waals surface area (Å²) in [4.78, 5) is 0. The number of aromatic nitrogens is 3. The van der Waals surface area contributed by atoms with Crippen molar-refractivity contribution in [2.45, 2.75) is 13.5 Å². The SMILES string of the molecule is Cc1nnc2n1-c1ccccc1C(c1ccc(Cl)cc1)=NN2Cc1ccc(Cl)c(Cl)c1. The lowest BCUT2D eigenvalue weighted by atomic mass is 10.0. The Kier molecular flexibility index (Phi) is 5.18. The largest absolute Gasteiger partial charge is 0.263 e. The summed E-state index contributed by atoms with van der Waals surface area (Å²) in [7, 11) is 0. The maximum Gasteiger partial charge on any atom is 0.252 e. The molecule has 1 aromatic heterocycles. The Morgan fingerprint density at radius 1 is 0.839 bits per heavy atom. The van der Waals surface area contributed by atoms with E-state index in [1.54, 1.807) is 6.07 Å². The van der Waals surface area contributed by atoms with Crippen LogP contribution in [0.3, 0.4) is 0 Å². The molecule has 5 rings (SSSR count). The van der Waals surface area contributed by atoms with E-state index in [0.29, 0.717) is 27.6 Å². The van der Waals surface area contributed by atoms with Gasteiger partial charge in [-0.2, -0.15) is 5.10 Å². The van der Waals surface area contributed by atoms with Crippen LogP contribution >= 0.6 is 34.8 Å². The van der Waals surface area contributed by atoms with Gasteiger partial charge in [-0.3, -0.25) is 4.57 Å². The summed E-state index contributed by atoms with van der Waals surface area (Å²) in [5.74, 6) is 1.40. The summed E-state index contributed by atoms with van der Waals surface area (Å²) in [6, 6.07) is 21.3. The molecule has 0 bridgehead atoms. The zero-order valence-corrected chi connectivity index (χ0v) is 18.7. The van der Waals surface area contributed by atoms with Crippen LogP contribution in [-0.4, -0.2) is 20.5 Å². The summed E-state index contributed by atoms with van der Waals surface area (Å²) < 4.78 is 2.01. The highest BCUT2D eigenvalue weighted by molar-refractivity contribution is 6.42. The molecule has 0 unspecified atom stereocenters. The molecule has 0 radical (unpaired) electrons. The molecule has 0 fully saturated rings. The van der Waals surface area contributed by atoms with Crippen LogP contribution in [0.2, 0.25) is 15.1 Å². The summed E-state index contributed by atoms with van der Waals surface area (Å²) in [6.07, 6.45) is 0. The highest BCUT2D eigenvalue weighted by atomic mass is 35.5. The predicted octanol–water partition coefficient (Wildman–Crippen LogP) is 6.31. The van der Waals surface area contributed by atoms with E-state index < -0.39 is 0 Å². The Morgan fingerprint density at radius 3 is 2.39 bits per heavy atom. The lowest BCUT2D eigenvalue weighted by Crippen LogP contribution is -2.20. The van der Waals surface area contributed by atoms with Gasteiger partial charge in [-0.25, -0.2) is 5.01 Å². The minimum atomic E-state index is 0.445. The fourth-order valence-corrected chi connectivity index (χ4v) is 4.07. The molecule has 5 nitrogen and oxygen atoms in total. The van der Waals surface area contributed by atoms with Gasteiger partial charge in [-0.05, 0) is 42.8 Å². The van der Waals surface area contributed by atoms with Crippen LogP contribution < -0.4 is 5.01 Å². The van der Waals surface area contributed by atoms with Crippen molar-refractivity contribution in [3.63, 3.8) is 0 Å². The standard InChI is InChI=1S/C23H16Cl3N5/c1-14-27-28-23-30(13-15-6-11-19(25)20(26)12-15)29-22(16-7-9-17(24)10-8-16)18-4-2-3-5-21(18)31(14)23/h2-12H,13H2,1H3. The molecule has 3 aromatic carbocycles. The smallest absolute Gasteiger partial charge is 0.252 e. The van der Waals surface area contributed by atoms with Crippen molar-refractivity contribution >= 4 is 46.5 Å². The third-order valence-corrected chi connectivity index (χ3v) is 6.08. The number of halogens is 3. The zero-order chi connectivity index (χ0) is 21.5. The summed E-state index contributed by atoms with van der Waals surface area (Å²) in [5.41, 5.74) is 4.66. The number of fused-ring (bicyclic) bond motifs is 3. The highest BCUT2D eigenvalue weighted by Gasteiger charge is 2.26. The van der Waals surface area contributed by atoms with E-state index >= 15 is 0 Å². The van der Waals surface area contributed by atoms with Crippen molar-refractivity contribution in [2.75, 3.05) is 5.01 Å². The van der Waals surface area contributed by atoms with Crippen LogP contribution in [0.15, 0.2) is 71.8 Å². The van der Waals surface area contributed by atoms with Gasteiger partial charge in [0.1, 0.15) is 11.5 Å². The second-order valence-electron chi connectivity index (χ2n) is 7.16. The Balaban J connectivity index is 1.71. The van der Waals surface area contributed by atoms with Gasteiger partial charge in [0.2, 0.25) is 0 Å². The number of aryl methyl sites for hydroxylation is 1. The van der Waals surface area contributed by atoms with Crippen molar-refractivity contribution in [1.29, 1.82) is 0 Å². The average molecular weight is 469 g/mol. The topological polar surface area (TPSA) is 46.3 Å². The molecule has 154 valence electrons. The first-order valence-electron chi connectivity index (χ1n) is 9.59. The number of rotatable bonds is 3. The molecule has 0 amide bonds. The average Bonchev–Trinajstić information content (AvgIpc) is 3.09. The third kappa shape index (κ3) is 3.69. The van der Waals surface area contributed by atoms with Crippen LogP contribution in [-0.2, 0) is 6.54 Å². The number of anilines is 1. The van der Waals surface area contributed by atoms with Crippen molar-refractivity contribution in [1.82, 2.24) is 14.8 Å². The van der Waals surface area contributed by atoms with Crippen LogP contribution in [0.4, 0.5) is 5.95 Å². The van der Waals surface area contributed by atoms with Crippen molar-refractivity contribution in [3.05, 3.63) is 104 Å². The van der Waals surface area contributed by atoms with Crippen LogP contribution in [0.1, 0.15) is 22.5 Å². The molecular weight excluding hydrogens is 453 g/mol. The second-order valence-corrected chi connectivity index (χ2v) is 8.41. The van der Waals surface area contributed by atoms with Gasteiger partial charge in [0.05, 0.1) is 22.3 Å². The van der Waals surface area contributed by atoms with Gasteiger partial charge in [-0.1, -0.05) is 71.2 Å². The number of nitrogens with zero attached hydrogens (tertiary/aromatic N) is 5. The second kappa shape index (κ2) is 8.00. The zero-order valence-electron chi connectivity index (χ0n) is 16.4. The Bertz CT molecular complexity index is 1310.